The molecule has 0 aliphatic rings. The van der Waals surface area contributed by atoms with E-state index >= 15 is 0 Å². The first-order valence-corrected chi connectivity index (χ1v) is 11.8. The number of aryl methyl sites for hydroxylation is 2. The number of aromatic nitrogens is 4. The Bertz CT molecular complexity index is 1910. The van der Waals surface area contributed by atoms with Crippen molar-refractivity contribution >= 4 is 21.8 Å². The van der Waals surface area contributed by atoms with Gasteiger partial charge in [0.1, 0.15) is 11.6 Å². The van der Waals surface area contributed by atoms with Crippen LogP contribution >= 0.6 is 0 Å². The molecule has 0 saturated heterocycles. The number of hydrogen-bond donors (Lipinski definition) is 0. The molecule has 0 fully saturated rings. The molecule has 0 bridgehead atoms. The molecule has 2 aromatic heterocycles. The Balaban J connectivity index is 1.72. The fourth-order valence-electron chi connectivity index (χ4n) is 4.95. The van der Waals surface area contributed by atoms with Crippen LogP contribution in [0.15, 0.2) is 84.9 Å². The van der Waals surface area contributed by atoms with Gasteiger partial charge in [-0.15, -0.1) is 0 Å². The molecule has 2 heterocycles. The number of fused-ring (bicyclic) bond motifs is 3. The van der Waals surface area contributed by atoms with E-state index in [1.165, 1.54) is 0 Å². The summed E-state index contributed by atoms with van der Waals surface area (Å²) in [4.78, 5) is 13.6. The second-order valence-corrected chi connectivity index (χ2v) is 8.84. The van der Waals surface area contributed by atoms with Gasteiger partial charge in [-0.25, -0.2) is 15.0 Å². The summed E-state index contributed by atoms with van der Waals surface area (Å²) < 4.78 is 2.19. The van der Waals surface area contributed by atoms with E-state index in [4.69, 9.17) is 0 Å². The third kappa shape index (κ3) is 3.69. The van der Waals surface area contributed by atoms with Crippen molar-refractivity contribution in [2.45, 2.75) is 13.8 Å². The minimum Gasteiger partial charge on any atom is -0.308 e. The van der Waals surface area contributed by atoms with Crippen LogP contribution in [0.4, 0.5) is 0 Å². The van der Waals surface area contributed by atoms with Gasteiger partial charge in [-0.1, -0.05) is 48.5 Å². The summed E-state index contributed by atoms with van der Waals surface area (Å²) in [7, 11) is 0. The van der Waals surface area contributed by atoms with Gasteiger partial charge in [-0.05, 0) is 61.4 Å². The third-order valence-electron chi connectivity index (χ3n) is 6.50. The quantitative estimate of drug-likeness (QED) is 0.285. The Morgan fingerprint density at radius 3 is 2.16 bits per heavy atom. The molecule has 0 unspecified atom stereocenters. The highest BCUT2D eigenvalue weighted by molar-refractivity contribution is 6.10. The van der Waals surface area contributed by atoms with E-state index in [1.54, 1.807) is 0 Å². The molecular formula is C31H20N6. The first kappa shape index (κ1) is 22.2. The summed E-state index contributed by atoms with van der Waals surface area (Å²) in [5.41, 5.74) is 6.61. The Hall–Kier alpha value is -5.33. The smallest absolute Gasteiger partial charge is 0.165 e. The van der Waals surface area contributed by atoms with Crippen molar-refractivity contribution in [3.8, 4) is 40.3 Å². The highest BCUT2D eigenvalue weighted by atomic mass is 15.0. The van der Waals surface area contributed by atoms with Gasteiger partial charge in [0.15, 0.2) is 5.82 Å². The lowest BCUT2D eigenvalue weighted by Gasteiger charge is -2.14. The lowest BCUT2D eigenvalue weighted by molar-refractivity contribution is 0.926. The molecule has 0 aliphatic carbocycles. The first-order chi connectivity index (χ1) is 18.1. The fourth-order valence-corrected chi connectivity index (χ4v) is 4.95. The van der Waals surface area contributed by atoms with Gasteiger partial charge in [0, 0.05) is 16.3 Å². The predicted octanol–water partition coefficient (Wildman–Crippen LogP) is 6.66. The van der Waals surface area contributed by atoms with Crippen molar-refractivity contribution in [3.05, 3.63) is 108 Å². The van der Waals surface area contributed by atoms with E-state index < -0.39 is 0 Å². The van der Waals surface area contributed by atoms with Crippen LogP contribution in [-0.2, 0) is 0 Å². The summed E-state index contributed by atoms with van der Waals surface area (Å²) in [6.45, 7) is 3.68. The first-order valence-electron chi connectivity index (χ1n) is 11.8. The summed E-state index contributed by atoms with van der Waals surface area (Å²) in [5, 5.41) is 21.6. The molecule has 4 aromatic carbocycles. The summed E-state index contributed by atoms with van der Waals surface area (Å²) >= 11 is 0. The van der Waals surface area contributed by atoms with Crippen molar-refractivity contribution in [2.24, 2.45) is 0 Å². The normalized spacial score (nSPS) is 10.9. The maximum absolute atomic E-state index is 9.70. The van der Waals surface area contributed by atoms with Crippen LogP contribution in [-0.4, -0.2) is 19.5 Å². The van der Waals surface area contributed by atoms with Gasteiger partial charge in [-0.3, -0.25) is 0 Å². The number of nitriles is 2. The van der Waals surface area contributed by atoms with Gasteiger partial charge in [0.05, 0.1) is 40.0 Å². The minimum atomic E-state index is 0.522. The van der Waals surface area contributed by atoms with E-state index in [9.17, 15) is 10.5 Å². The van der Waals surface area contributed by atoms with Gasteiger partial charge >= 0.3 is 0 Å². The number of nitrogens with zero attached hydrogens (tertiary/aromatic N) is 6. The van der Waals surface area contributed by atoms with Crippen molar-refractivity contribution in [3.63, 3.8) is 0 Å². The molecule has 174 valence electrons. The predicted molar refractivity (Wildman–Crippen MR) is 144 cm³/mol. The van der Waals surface area contributed by atoms with E-state index in [0.29, 0.717) is 28.6 Å². The van der Waals surface area contributed by atoms with Crippen molar-refractivity contribution < 1.29 is 0 Å². The second kappa shape index (κ2) is 8.71. The SMILES string of the molecule is Cc1nc(C)nc(-c2cc(C#N)ccc2-n2c3ccccc3c3ccc(-c4ccccc4C#N)cc32)n1. The molecule has 0 atom stereocenters. The topological polar surface area (TPSA) is 91.2 Å². The molecule has 37 heavy (non-hydrogen) atoms. The largest absolute Gasteiger partial charge is 0.308 e. The lowest BCUT2D eigenvalue weighted by atomic mass is 9.99. The van der Waals surface area contributed by atoms with Crippen LogP contribution in [0.3, 0.4) is 0 Å². The third-order valence-corrected chi connectivity index (χ3v) is 6.50. The van der Waals surface area contributed by atoms with Crippen LogP contribution in [0.5, 0.6) is 0 Å². The summed E-state index contributed by atoms with van der Waals surface area (Å²) in [6, 6.07) is 32.3. The minimum absolute atomic E-state index is 0.522. The second-order valence-electron chi connectivity index (χ2n) is 8.84. The molecule has 6 heteroatoms. The van der Waals surface area contributed by atoms with Crippen molar-refractivity contribution in [1.82, 2.24) is 19.5 Å². The molecule has 6 nitrogen and oxygen atoms in total. The zero-order valence-electron chi connectivity index (χ0n) is 20.3. The van der Waals surface area contributed by atoms with E-state index in [-0.39, 0.29) is 0 Å². The average Bonchev–Trinajstić information content (AvgIpc) is 3.25. The van der Waals surface area contributed by atoms with Gasteiger partial charge in [-0.2, -0.15) is 10.5 Å². The number of para-hydroxylation sites is 1. The van der Waals surface area contributed by atoms with E-state index in [2.05, 4.69) is 62.0 Å². The molecule has 0 saturated carbocycles. The monoisotopic (exact) mass is 476 g/mol. The fraction of sp³-hybridized carbons (Fsp3) is 0.0645. The molecule has 6 aromatic rings. The lowest BCUT2D eigenvalue weighted by Crippen LogP contribution is -2.03. The molecule has 0 N–H and O–H groups in total. The zero-order valence-corrected chi connectivity index (χ0v) is 20.3. The van der Waals surface area contributed by atoms with Gasteiger partial charge in [0.2, 0.25) is 0 Å². The standard InChI is InChI=1S/C31H20N6/c1-19-34-20(2)36-31(35-19)27-15-21(17-32)11-14-29(27)37-28-10-6-5-9-25(28)26-13-12-22(16-30(26)37)24-8-4-3-7-23(24)18-33/h3-16H,1-2H3. The number of benzene rings is 4. The van der Waals surface area contributed by atoms with Gasteiger partial charge in [0.25, 0.3) is 0 Å². The van der Waals surface area contributed by atoms with Crippen LogP contribution < -0.4 is 0 Å². The summed E-state index contributed by atoms with van der Waals surface area (Å²) in [6.07, 6.45) is 0. The van der Waals surface area contributed by atoms with Crippen molar-refractivity contribution in [2.75, 3.05) is 0 Å². The molecule has 6 rings (SSSR count). The van der Waals surface area contributed by atoms with E-state index in [0.717, 1.165) is 44.2 Å². The van der Waals surface area contributed by atoms with Crippen LogP contribution in [0.2, 0.25) is 0 Å². The average molecular weight is 477 g/mol. The molecular weight excluding hydrogens is 456 g/mol. The maximum atomic E-state index is 9.70. The van der Waals surface area contributed by atoms with Gasteiger partial charge < -0.3 is 4.57 Å². The molecule has 0 aliphatic heterocycles. The summed E-state index contributed by atoms with van der Waals surface area (Å²) in [5.74, 6) is 1.76. The van der Waals surface area contributed by atoms with E-state index in [1.807, 2.05) is 68.4 Å². The number of hydrogen-bond acceptors (Lipinski definition) is 5. The molecule has 0 amide bonds. The Morgan fingerprint density at radius 2 is 1.38 bits per heavy atom. The Labute approximate surface area is 213 Å². The van der Waals surface area contributed by atoms with Crippen LogP contribution in [0.25, 0.3) is 50.0 Å². The number of rotatable bonds is 3. The highest BCUT2D eigenvalue weighted by Gasteiger charge is 2.19. The Morgan fingerprint density at radius 1 is 0.649 bits per heavy atom. The highest BCUT2D eigenvalue weighted by Crippen LogP contribution is 2.38. The molecule has 0 radical (unpaired) electrons. The van der Waals surface area contributed by atoms with Crippen LogP contribution in [0.1, 0.15) is 22.8 Å². The zero-order chi connectivity index (χ0) is 25.5. The molecule has 0 spiro atoms. The van der Waals surface area contributed by atoms with Crippen LogP contribution in [0, 0.1) is 36.5 Å². The maximum Gasteiger partial charge on any atom is 0.165 e. The Kier molecular flexibility index (Phi) is 5.22. The van der Waals surface area contributed by atoms with Crippen molar-refractivity contribution in [1.29, 1.82) is 10.5 Å².